The molecule has 0 radical (unpaired) electrons. The zero-order valence-electron chi connectivity index (χ0n) is 14.8. The summed E-state index contributed by atoms with van der Waals surface area (Å²) in [6.07, 6.45) is -0.00454. The molecule has 7 heteroatoms. The van der Waals surface area contributed by atoms with Crippen molar-refractivity contribution < 1.29 is 23.5 Å². The van der Waals surface area contributed by atoms with Gasteiger partial charge in [-0.3, -0.25) is 4.79 Å². The lowest BCUT2D eigenvalue weighted by atomic mass is 10.1. The molecule has 1 aromatic heterocycles. The summed E-state index contributed by atoms with van der Waals surface area (Å²) in [6, 6.07) is 6.99. The van der Waals surface area contributed by atoms with Gasteiger partial charge in [0.2, 0.25) is 0 Å². The van der Waals surface area contributed by atoms with E-state index in [1.165, 1.54) is 0 Å². The van der Waals surface area contributed by atoms with Crippen LogP contribution in [0.2, 0.25) is 0 Å². The van der Waals surface area contributed by atoms with Crippen LogP contribution in [0.5, 0.6) is 11.5 Å². The summed E-state index contributed by atoms with van der Waals surface area (Å²) in [4.78, 5) is 14.4. The van der Waals surface area contributed by atoms with E-state index in [2.05, 4.69) is 5.16 Å². The number of nitrogens with zero attached hydrogens (tertiary/aromatic N) is 2. The minimum Gasteiger partial charge on any atom is -0.497 e. The van der Waals surface area contributed by atoms with Crippen molar-refractivity contribution in [3.05, 3.63) is 30.0 Å². The van der Waals surface area contributed by atoms with Gasteiger partial charge in [0.25, 0.3) is 5.91 Å². The molecular weight excluding hydrogens is 324 g/mol. The summed E-state index contributed by atoms with van der Waals surface area (Å²) in [5.74, 6) is 1.56. The van der Waals surface area contributed by atoms with Crippen LogP contribution in [0.15, 0.2) is 28.8 Å². The van der Waals surface area contributed by atoms with Crippen LogP contribution in [0.3, 0.4) is 0 Å². The van der Waals surface area contributed by atoms with Crippen LogP contribution in [0.25, 0.3) is 11.3 Å². The van der Waals surface area contributed by atoms with Crippen LogP contribution in [0.1, 0.15) is 24.3 Å². The Hall–Kier alpha value is -2.54. The summed E-state index contributed by atoms with van der Waals surface area (Å²) in [7, 11) is 3.16. The Morgan fingerprint density at radius 2 is 1.88 bits per heavy atom. The molecule has 1 aliphatic heterocycles. The van der Waals surface area contributed by atoms with E-state index in [-0.39, 0.29) is 23.8 Å². The van der Waals surface area contributed by atoms with Crippen LogP contribution < -0.4 is 9.47 Å². The molecule has 0 aliphatic carbocycles. The molecule has 2 heterocycles. The first-order valence-electron chi connectivity index (χ1n) is 8.15. The molecule has 0 spiro atoms. The van der Waals surface area contributed by atoms with E-state index < -0.39 is 0 Å². The van der Waals surface area contributed by atoms with E-state index in [9.17, 15) is 4.79 Å². The van der Waals surface area contributed by atoms with Crippen LogP contribution in [0, 0.1) is 0 Å². The van der Waals surface area contributed by atoms with Gasteiger partial charge in [-0.1, -0.05) is 5.16 Å². The van der Waals surface area contributed by atoms with E-state index in [1.807, 2.05) is 13.8 Å². The van der Waals surface area contributed by atoms with Gasteiger partial charge in [0.05, 0.1) is 32.0 Å². The third-order valence-corrected chi connectivity index (χ3v) is 4.11. The van der Waals surface area contributed by atoms with Gasteiger partial charge in [-0.2, -0.15) is 0 Å². The van der Waals surface area contributed by atoms with E-state index in [0.29, 0.717) is 35.9 Å². The number of amides is 1. The van der Waals surface area contributed by atoms with Crippen molar-refractivity contribution in [3.8, 4) is 22.8 Å². The highest BCUT2D eigenvalue weighted by atomic mass is 16.5. The average Bonchev–Trinajstić information content (AvgIpc) is 3.09. The second-order valence-electron chi connectivity index (χ2n) is 6.11. The molecule has 1 amide bonds. The van der Waals surface area contributed by atoms with Crippen LogP contribution in [-0.2, 0) is 4.74 Å². The minimum atomic E-state index is -0.168. The predicted octanol–water partition coefficient (Wildman–Crippen LogP) is 2.61. The summed E-state index contributed by atoms with van der Waals surface area (Å²) < 4.78 is 21.7. The maximum Gasteiger partial charge on any atom is 0.276 e. The van der Waals surface area contributed by atoms with Gasteiger partial charge in [0.1, 0.15) is 11.5 Å². The van der Waals surface area contributed by atoms with Crippen molar-refractivity contribution in [2.45, 2.75) is 26.1 Å². The first kappa shape index (κ1) is 17.3. The molecule has 0 saturated carbocycles. The highest BCUT2D eigenvalue weighted by Crippen LogP contribution is 2.34. The standard InChI is InChI=1S/C18H22N2O5/c1-11-9-20(10-12(2)24-11)18(21)15-8-17(25-19-15)14-7-13(22-3)5-6-16(14)23-4/h5-8,11-12H,9-10H2,1-4H3/t11-,12+. The lowest BCUT2D eigenvalue weighted by Gasteiger charge is -2.34. The summed E-state index contributed by atoms with van der Waals surface area (Å²) in [5.41, 5.74) is 0.943. The summed E-state index contributed by atoms with van der Waals surface area (Å²) in [6.45, 7) is 4.97. The van der Waals surface area contributed by atoms with Gasteiger partial charge in [-0.05, 0) is 32.0 Å². The van der Waals surface area contributed by atoms with Gasteiger partial charge in [-0.25, -0.2) is 0 Å². The van der Waals surface area contributed by atoms with Crippen LogP contribution in [0.4, 0.5) is 0 Å². The minimum absolute atomic E-state index is 0.00227. The van der Waals surface area contributed by atoms with Gasteiger partial charge >= 0.3 is 0 Å². The van der Waals surface area contributed by atoms with Crippen LogP contribution in [-0.4, -0.2) is 55.5 Å². The number of benzene rings is 1. The van der Waals surface area contributed by atoms with Crippen molar-refractivity contribution in [2.75, 3.05) is 27.3 Å². The first-order valence-corrected chi connectivity index (χ1v) is 8.15. The molecule has 0 bridgehead atoms. The zero-order chi connectivity index (χ0) is 18.0. The van der Waals surface area contributed by atoms with Crippen LogP contribution >= 0.6 is 0 Å². The Morgan fingerprint density at radius 1 is 1.16 bits per heavy atom. The monoisotopic (exact) mass is 346 g/mol. The predicted molar refractivity (Wildman–Crippen MR) is 91.0 cm³/mol. The van der Waals surface area contributed by atoms with E-state index >= 15 is 0 Å². The Bertz CT molecular complexity index is 748. The van der Waals surface area contributed by atoms with Gasteiger partial charge in [0.15, 0.2) is 11.5 Å². The number of ether oxygens (including phenoxy) is 3. The van der Waals surface area contributed by atoms with Gasteiger partial charge in [-0.15, -0.1) is 0 Å². The van der Waals surface area contributed by atoms with Gasteiger partial charge in [0, 0.05) is 19.2 Å². The lowest BCUT2D eigenvalue weighted by molar-refractivity contribution is -0.0588. The molecule has 25 heavy (non-hydrogen) atoms. The smallest absolute Gasteiger partial charge is 0.276 e. The molecule has 1 fully saturated rings. The molecule has 2 atom stereocenters. The third kappa shape index (κ3) is 3.61. The fraction of sp³-hybridized carbons (Fsp3) is 0.444. The lowest BCUT2D eigenvalue weighted by Crippen LogP contribution is -2.48. The molecule has 7 nitrogen and oxygen atoms in total. The molecule has 1 aromatic carbocycles. The second kappa shape index (κ2) is 7.14. The van der Waals surface area contributed by atoms with E-state index in [1.54, 1.807) is 43.4 Å². The third-order valence-electron chi connectivity index (χ3n) is 4.11. The Labute approximate surface area is 146 Å². The quantitative estimate of drug-likeness (QED) is 0.847. The second-order valence-corrected chi connectivity index (χ2v) is 6.11. The number of morpholine rings is 1. The van der Waals surface area contributed by atoms with Crippen molar-refractivity contribution in [1.29, 1.82) is 0 Å². The SMILES string of the molecule is COc1ccc(OC)c(-c2cc(C(=O)N3C[C@@H](C)O[C@@H](C)C3)no2)c1. The number of hydrogen-bond acceptors (Lipinski definition) is 6. The fourth-order valence-corrected chi connectivity index (χ4v) is 3.02. The van der Waals surface area contributed by atoms with Crippen molar-refractivity contribution >= 4 is 5.91 Å². The zero-order valence-corrected chi connectivity index (χ0v) is 14.8. The van der Waals surface area contributed by atoms with E-state index in [4.69, 9.17) is 18.7 Å². The number of rotatable bonds is 4. The number of hydrogen-bond donors (Lipinski definition) is 0. The highest BCUT2D eigenvalue weighted by molar-refractivity contribution is 5.93. The number of carbonyl (C=O) groups excluding carboxylic acids is 1. The summed E-state index contributed by atoms with van der Waals surface area (Å²) >= 11 is 0. The Morgan fingerprint density at radius 3 is 2.52 bits per heavy atom. The molecule has 0 N–H and O–H groups in total. The molecule has 1 aliphatic rings. The number of aromatic nitrogens is 1. The fourth-order valence-electron chi connectivity index (χ4n) is 3.02. The Kier molecular flexibility index (Phi) is 4.94. The topological polar surface area (TPSA) is 74.0 Å². The molecule has 3 rings (SSSR count). The molecule has 134 valence electrons. The first-order chi connectivity index (χ1) is 12.0. The summed E-state index contributed by atoms with van der Waals surface area (Å²) in [5, 5.41) is 3.95. The highest BCUT2D eigenvalue weighted by Gasteiger charge is 2.28. The van der Waals surface area contributed by atoms with Crippen molar-refractivity contribution in [3.63, 3.8) is 0 Å². The maximum atomic E-state index is 12.7. The maximum absolute atomic E-state index is 12.7. The Balaban J connectivity index is 1.86. The average molecular weight is 346 g/mol. The largest absolute Gasteiger partial charge is 0.497 e. The molecule has 2 aromatic rings. The number of methoxy groups -OCH3 is 2. The normalized spacial score (nSPS) is 20.4. The van der Waals surface area contributed by atoms with Crippen molar-refractivity contribution in [2.24, 2.45) is 0 Å². The molecule has 1 saturated heterocycles. The van der Waals surface area contributed by atoms with E-state index in [0.717, 1.165) is 0 Å². The van der Waals surface area contributed by atoms with Gasteiger partial charge < -0.3 is 23.6 Å². The number of carbonyl (C=O) groups is 1. The van der Waals surface area contributed by atoms with Crippen molar-refractivity contribution in [1.82, 2.24) is 10.1 Å². The molecule has 0 unspecified atom stereocenters. The molecular formula is C18H22N2O5.